The van der Waals surface area contributed by atoms with E-state index in [2.05, 4.69) is 193 Å². The minimum atomic E-state index is 0.810. The zero-order valence-corrected chi connectivity index (χ0v) is 29.8. The Bertz CT molecular complexity index is 3190. The van der Waals surface area contributed by atoms with E-state index in [9.17, 15) is 0 Å². The third-order valence-corrected chi connectivity index (χ3v) is 10.9. The van der Waals surface area contributed by atoms with Gasteiger partial charge in [0.1, 0.15) is 11.2 Å². The Balaban J connectivity index is 1.17. The topological polar surface area (TPSA) is 29.5 Å². The molecule has 3 nitrogen and oxygen atoms in total. The number of rotatable bonds is 6. The number of hydrogen-bond acceptors (Lipinski definition) is 3. The van der Waals surface area contributed by atoms with Crippen LogP contribution in [0, 0.1) is 0 Å². The molecule has 11 rings (SSSR count). The van der Waals surface area contributed by atoms with Crippen molar-refractivity contribution in [3.05, 3.63) is 200 Å². The lowest BCUT2D eigenvalue weighted by Gasteiger charge is -2.25. The molecule has 0 aliphatic heterocycles. The summed E-state index contributed by atoms with van der Waals surface area (Å²) in [7, 11) is 0. The molecule has 0 radical (unpaired) electrons. The maximum atomic E-state index is 7.19. The molecule has 0 N–H and O–H groups in total. The molecule has 0 unspecified atom stereocenters. The van der Waals surface area contributed by atoms with Crippen molar-refractivity contribution in [3.8, 4) is 33.4 Å². The van der Waals surface area contributed by atoms with Crippen molar-refractivity contribution in [2.45, 2.75) is 0 Å². The van der Waals surface area contributed by atoms with Crippen molar-refractivity contribution in [1.29, 1.82) is 0 Å². The summed E-state index contributed by atoms with van der Waals surface area (Å²) in [6.45, 7) is 0. The predicted molar refractivity (Wildman–Crippen MR) is 229 cm³/mol. The molecule has 3 heteroatoms. The quantitative estimate of drug-likeness (QED) is 0.173. The fourth-order valence-electron chi connectivity index (χ4n) is 8.25. The van der Waals surface area contributed by atoms with E-state index in [-0.39, 0.29) is 0 Å². The molecule has 0 saturated carbocycles. The Hall–Kier alpha value is -7.36. The number of benzene rings is 9. The number of para-hydroxylation sites is 3. The average molecular weight is 704 g/mol. The van der Waals surface area contributed by atoms with E-state index >= 15 is 0 Å². The maximum Gasteiger partial charge on any atom is 0.159 e. The second-order valence-electron chi connectivity index (χ2n) is 14.0. The second kappa shape index (κ2) is 12.6. The second-order valence-corrected chi connectivity index (χ2v) is 14.0. The highest BCUT2D eigenvalue weighted by Gasteiger charge is 2.25. The van der Waals surface area contributed by atoms with E-state index in [1.807, 2.05) is 12.1 Å². The van der Waals surface area contributed by atoms with Gasteiger partial charge in [-0.3, -0.25) is 0 Å². The van der Waals surface area contributed by atoms with Gasteiger partial charge in [0.2, 0.25) is 0 Å². The SMILES string of the molecule is c1ccc(-c2ccc(-c3ccccc3)c3c2oc2c(N(c4ccc(-c5ccc6ccccc6c5)cc4)c4cccc5c4oc4ccccc45)cccc23)cc1. The molecule has 11 aromatic rings. The summed E-state index contributed by atoms with van der Waals surface area (Å²) in [4.78, 5) is 2.30. The van der Waals surface area contributed by atoms with Gasteiger partial charge in [0.05, 0.1) is 11.4 Å². The van der Waals surface area contributed by atoms with Crippen LogP contribution in [0.15, 0.2) is 209 Å². The minimum absolute atomic E-state index is 0.810. The molecule has 0 spiro atoms. The van der Waals surface area contributed by atoms with Gasteiger partial charge in [0.15, 0.2) is 11.2 Å². The molecule has 258 valence electrons. The number of nitrogens with zero attached hydrogens (tertiary/aromatic N) is 1. The Morgan fingerprint density at radius 1 is 0.327 bits per heavy atom. The van der Waals surface area contributed by atoms with Crippen molar-refractivity contribution in [1.82, 2.24) is 0 Å². The van der Waals surface area contributed by atoms with Crippen LogP contribution < -0.4 is 4.90 Å². The van der Waals surface area contributed by atoms with Gasteiger partial charge in [-0.1, -0.05) is 158 Å². The fourth-order valence-corrected chi connectivity index (χ4v) is 8.25. The van der Waals surface area contributed by atoms with Crippen LogP contribution in [0.1, 0.15) is 0 Å². The minimum Gasteiger partial charge on any atom is -0.454 e. The van der Waals surface area contributed by atoms with E-state index in [4.69, 9.17) is 8.83 Å². The molecule has 0 saturated heterocycles. The van der Waals surface area contributed by atoms with Crippen molar-refractivity contribution < 1.29 is 8.83 Å². The number of anilines is 3. The van der Waals surface area contributed by atoms with Crippen LogP contribution in [-0.4, -0.2) is 0 Å². The molecular formula is C52H33NO2. The molecule has 0 aliphatic rings. The maximum absolute atomic E-state index is 7.19. The van der Waals surface area contributed by atoms with Crippen LogP contribution in [0.5, 0.6) is 0 Å². The van der Waals surface area contributed by atoms with Crippen LogP contribution in [0.3, 0.4) is 0 Å². The third kappa shape index (κ3) is 5.13. The molecule has 0 bridgehead atoms. The summed E-state index contributed by atoms with van der Waals surface area (Å²) in [6.07, 6.45) is 0. The average Bonchev–Trinajstić information content (AvgIpc) is 3.84. The molecule has 0 aliphatic carbocycles. The molecule has 0 amide bonds. The monoisotopic (exact) mass is 703 g/mol. The summed E-state index contributed by atoms with van der Waals surface area (Å²) >= 11 is 0. The van der Waals surface area contributed by atoms with Crippen molar-refractivity contribution >= 4 is 71.7 Å². The first kappa shape index (κ1) is 31.2. The molecule has 0 atom stereocenters. The van der Waals surface area contributed by atoms with Crippen molar-refractivity contribution in [3.63, 3.8) is 0 Å². The molecule has 2 aromatic heterocycles. The first-order chi connectivity index (χ1) is 27.3. The van der Waals surface area contributed by atoms with Crippen LogP contribution in [0.2, 0.25) is 0 Å². The lowest BCUT2D eigenvalue weighted by atomic mass is 9.94. The Morgan fingerprint density at radius 2 is 0.909 bits per heavy atom. The normalized spacial score (nSPS) is 11.6. The van der Waals surface area contributed by atoms with Gasteiger partial charge in [0.25, 0.3) is 0 Å². The Morgan fingerprint density at radius 3 is 1.67 bits per heavy atom. The van der Waals surface area contributed by atoms with Crippen LogP contribution in [0.4, 0.5) is 17.1 Å². The number of furan rings is 2. The van der Waals surface area contributed by atoms with Gasteiger partial charge < -0.3 is 13.7 Å². The Labute approximate surface area is 317 Å². The highest BCUT2D eigenvalue weighted by atomic mass is 16.3. The van der Waals surface area contributed by atoms with Gasteiger partial charge in [-0.2, -0.15) is 0 Å². The molecule has 55 heavy (non-hydrogen) atoms. The first-order valence-electron chi connectivity index (χ1n) is 18.7. The fraction of sp³-hybridized carbons (Fsp3) is 0. The van der Waals surface area contributed by atoms with Crippen molar-refractivity contribution in [2.24, 2.45) is 0 Å². The molecular weight excluding hydrogens is 671 g/mol. The highest BCUT2D eigenvalue weighted by Crippen LogP contribution is 2.49. The van der Waals surface area contributed by atoms with E-state index in [0.29, 0.717) is 0 Å². The van der Waals surface area contributed by atoms with Gasteiger partial charge in [-0.15, -0.1) is 0 Å². The van der Waals surface area contributed by atoms with E-state index in [1.54, 1.807) is 0 Å². The van der Waals surface area contributed by atoms with E-state index in [1.165, 1.54) is 16.3 Å². The predicted octanol–water partition coefficient (Wildman–Crippen LogP) is 15.1. The molecule has 2 heterocycles. The molecule has 9 aromatic carbocycles. The lowest BCUT2D eigenvalue weighted by Crippen LogP contribution is -2.10. The van der Waals surface area contributed by atoms with E-state index in [0.717, 1.165) is 88.8 Å². The van der Waals surface area contributed by atoms with Crippen molar-refractivity contribution in [2.75, 3.05) is 4.90 Å². The third-order valence-electron chi connectivity index (χ3n) is 10.9. The van der Waals surface area contributed by atoms with Gasteiger partial charge >= 0.3 is 0 Å². The van der Waals surface area contributed by atoms with E-state index < -0.39 is 0 Å². The zero-order chi connectivity index (χ0) is 36.3. The van der Waals surface area contributed by atoms with Gasteiger partial charge in [-0.25, -0.2) is 0 Å². The van der Waals surface area contributed by atoms with Gasteiger partial charge in [-0.05, 0) is 81.1 Å². The largest absolute Gasteiger partial charge is 0.454 e. The smallest absolute Gasteiger partial charge is 0.159 e. The van der Waals surface area contributed by atoms with Crippen LogP contribution >= 0.6 is 0 Å². The van der Waals surface area contributed by atoms with Gasteiger partial charge in [0, 0.05) is 32.8 Å². The lowest BCUT2D eigenvalue weighted by molar-refractivity contribution is 0.667. The van der Waals surface area contributed by atoms with Crippen LogP contribution in [0.25, 0.3) is 88.0 Å². The summed E-state index contributed by atoms with van der Waals surface area (Å²) in [5, 5.41) is 6.77. The summed E-state index contributed by atoms with van der Waals surface area (Å²) < 4.78 is 13.9. The van der Waals surface area contributed by atoms with Crippen LogP contribution in [-0.2, 0) is 0 Å². The zero-order valence-electron chi connectivity index (χ0n) is 29.8. The number of hydrogen-bond donors (Lipinski definition) is 0. The highest BCUT2D eigenvalue weighted by molar-refractivity contribution is 6.19. The standard InChI is InChI=1S/C52H33NO2/c1-3-14-36(15-4-1)41-31-32-42(37-16-5-2-6-17-37)52-49(41)45-21-12-23-47(51(45)55-52)53(46-22-11-20-44-43-19-9-10-24-48(43)54-50(44)46)40-29-27-35(28-30-40)39-26-25-34-13-7-8-18-38(34)33-39/h1-33H. The summed E-state index contributed by atoms with van der Waals surface area (Å²) in [5.41, 5.74) is 13.0. The summed E-state index contributed by atoms with van der Waals surface area (Å²) in [5.74, 6) is 0. The Kier molecular flexibility index (Phi) is 7.17. The molecule has 0 fully saturated rings. The summed E-state index contributed by atoms with van der Waals surface area (Å²) in [6, 6.07) is 70.7. The number of fused-ring (bicyclic) bond motifs is 7. The first-order valence-corrected chi connectivity index (χ1v) is 18.7.